The minimum absolute atomic E-state index is 0.0111. The summed E-state index contributed by atoms with van der Waals surface area (Å²) >= 11 is 0. The van der Waals surface area contributed by atoms with Gasteiger partial charge in [0.2, 0.25) is 0 Å². The van der Waals surface area contributed by atoms with Crippen LogP contribution >= 0.6 is 0 Å². The van der Waals surface area contributed by atoms with E-state index in [0.29, 0.717) is 0 Å². The highest BCUT2D eigenvalue weighted by Crippen LogP contribution is 2.32. The minimum atomic E-state index is -1.90. The highest BCUT2D eigenvalue weighted by molar-refractivity contribution is 4.96. The first-order valence-electron chi connectivity index (χ1n) is 11.8. The lowest BCUT2D eigenvalue weighted by Crippen LogP contribution is -2.66. The Hall–Kier alpha value is -0.680. The van der Waals surface area contributed by atoms with Gasteiger partial charge in [-0.3, -0.25) is 0 Å². The van der Waals surface area contributed by atoms with Gasteiger partial charge in [-0.2, -0.15) is 0 Å². The number of aliphatic hydroxyl groups excluding tert-OH is 10. The predicted octanol–water partition coefficient (Wildman–Crippen LogP) is -7.59. The van der Waals surface area contributed by atoms with Gasteiger partial charge in [-0.1, -0.05) is 0 Å². The Kier molecular flexibility index (Phi) is 11.3. The van der Waals surface area contributed by atoms with Crippen molar-refractivity contribution in [3.63, 3.8) is 0 Å². The van der Waals surface area contributed by atoms with Crippen LogP contribution in [0.25, 0.3) is 0 Å². The number of ether oxygens (including phenoxy) is 6. The molecule has 17 heteroatoms. The van der Waals surface area contributed by atoms with Gasteiger partial charge in [-0.25, -0.2) is 0 Å². The average Bonchev–Trinajstić information content (AvgIpc) is 2.90. The molecule has 37 heavy (non-hydrogen) atoms. The molecule has 3 aliphatic rings. The molecule has 0 aromatic rings. The lowest BCUT2D eigenvalue weighted by molar-refractivity contribution is -0.379. The maximum atomic E-state index is 10.7. The molecule has 218 valence electrons. The fourth-order valence-electron chi connectivity index (χ4n) is 4.37. The van der Waals surface area contributed by atoms with Gasteiger partial charge in [-0.15, -0.1) is 0 Å². The molecule has 12 N–H and O–H groups in total. The zero-order valence-corrected chi connectivity index (χ0v) is 19.7. The summed E-state index contributed by atoms with van der Waals surface area (Å²) < 4.78 is 32.4. The largest absolute Gasteiger partial charge is 0.394 e. The van der Waals surface area contributed by atoms with E-state index in [-0.39, 0.29) is 13.2 Å². The van der Waals surface area contributed by atoms with Crippen LogP contribution in [0.4, 0.5) is 0 Å². The van der Waals surface area contributed by atoms with Gasteiger partial charge in [0.25, 0.3) is 0 Å². The van der Waals surface area contributed by atoms with E-state index in [0.717, 1.165) is 0 Å². The van der Waals surface area contributed by atoms with E-state index in [9.17, 15) is 51.1 Å². The van der Waals surface area contributed by atoms with Crippen molar-refractivity contribution in [2.24, 2.45) is 5.73 Å². The summed E-state index contributed by atoms with van der Waals surface area (Å²) in [7, 11) is 0. The number of nitrogens with two attached hydrogens (primary N) is 1. The van der Waals surface area contributed by atoms with Crippen LogP contribution in [0.15, 0.2) is 0 Å². The molecule has 0 aromatic carbocycles. The third-order valence-corrected chi connectivity index (χ3v) is 6.47. The lowest BCUT2D eigenvalue weighted by atomic mass is 9.96. The summed E-state index contributed by atoms with van der Waals surface area (Å²) in [5, 5.41) is 101. The number of hydrogen-bond donors (Lipinski definition) is 11. The van der Waals surface area contributed by atoms with Crippen LogP contribution < -0.4 is 5.73 Å². The van der Waals surface area contributed by atoms with Crippen LogP contribution in [0.5, 0.6) is 0 Å². The molecular weight excluding hydrogens is 510 g/mol. The molecule has 0 aliphatic carbocycles. The molecule has 0 aromatic heterocycles. The van der Waals surface area contributed by atoms with Crippen LogP contribution in [-0.4, -0.2) is 176 Å². The molecule has 0 amide bonds. The van der Waals surface area contributed by atoms with Crippen molar-refractivity contribution in [3.8, 4) is 0 Å². The molecule has 3 saturated heterocycles. The normalized spacial score (nSPS) is 49.2. The molecule has 3 aliphatic heterocycles. The molecular formula is C20H37NO16. The summed E-state index contributed by atoms with van der Waals surface area (Å²) in [6.45, 7) is -2.16. The van der Waals surface area contributed by atoms with Crippen molar-refractivity contribution in [1.82, 2.24) is 0 Å². The monoisotopic (exact) mass is 547 g/mol. The molecule has 15 atom stereocenters. The van der Waals surface area contributed by atoms with Gasteiger partial charge in [0.05, 0.1) is 26.4 Å². The summed E-state index contributed by atoms with van der Waals surface area (Å²) in [5.41, 5.74) is 5.35. The summed E-state index contributed by atoms with van der Waals surface area (Å²) in [6, 6.07) is 0. The fourth-order valence-corrected chi connectivity index (χ4v) is 4.37. The maximum Gasteiger partial charge on any atom is 0.187 e. The summed E-state index contributed by atoms with van der Waals surface area (Å²) in [5.74, 6) is 0. The Balaban J connectivity index is 1.70. The Labute approximate surface area is 211 Å². The third-order valence-electron chi connectivity index (χ3n) is 6.47. The van der Waals surface area contributed by atoms with Crippen molar-refractivity contribution in [2.75, 3.05) is 33.0 Å². The molecule has 17 nitrogen and oxygen atoms in total. The molecule has 0 bridgehead atoms. The molecule has 0 spiro atoms. The van der Waals surface area contributed by atoms with E-state index in [1.54, 1.807) is 0 Å². The quantitative estimate of drug-likeness (QED) is 0.121. The Bertz CT molecular complexity index is 687. The van der Waals surface area contributed by atoms with Crippen molar-refractivity contribution in [3.05, 3.63) is 0 Å². The second-order valence-corrected chi connectivity index (χ2v) is 8.97. The van der Waals surface area contributed by atoms with Crippen LogP contribution in [0.2, 0.25) is 0 Å². The second kappa shape index (κ2) is 13.6. The molecule has 0 saturated carbocycles. The fraction of sp³-hybridized carbons (Fsp3) is 1.00. The minimum Gasteiger partial charge on any atom is -0.394 e. The van der Waals surface area contributed by atoms with E-state index in [4.69, 9.17) is 34.2 Å². The van der Waals surface area contributed by atoms with E-state index in [2.05, 4.69) is 0 Å². The highest BCUT2D eigenvalue weighted by Gasteiger charge is 2.53. The molecule has 3 rings (SSSR count). The standard InChI is InChI=1S/C20H37NO16/c21-1-2-32-18-14(30)11(27)16(7(4-23)34-18)37-20-15(31)12(28)17(8(5-24)35-20)36-19-13(29)10(26)9(25)6(3-22)33-19/h6-20,22-31H,1-5,21H2/t6?,7-,8?,9+,10+,11?,12-,13?,14?,15?,16-,17+,18+,19+,20+/m1/s1. The molecule has 3 fully saturated rings. The first-order valence-corrected chi connectivity index (χ1v) is 11.8. The smallest absolute Gasteiger partial charge is 0.187 e. The van der Waals surface area contributed by atoms with Crippen LogP contribution in [0, 0.1) is 0 Å². The van der Waals surface area contributed by atoms with Crippen molar-refractivity contribution in [2.45, 2.75) is 92.1 Å². The first kappa shape index (κ1) is 30.9. The average molecular weight is 548 g/mol. The summed E-state index contributed by atoms with van der Waals surface area (Å²) in [4.78, 5) is 0. The Morgan fingerprint density at radius 3 is 1.38 bits per heavy atom. The molecule has 3 heterocycles. The van der Waals surface area contributed by atoms with Crippen molar-refractivity contribution in [1.29, 1.82) is 0 Å². The van der Waals surface area contributed by atoms with E-state index in [1.165, 1.54) is 0 Å². The lowest BCUT2D eigenvalue weighted by Gasteiger charge is -2.48. The van der Waals surface area contributed by atoms with Gasteiger partial charge in [0, 0.05) is 6.54 Å². The zero-order valence-electron chi connectivity index (χ0n) is 19.7. The number of rotatable bonds is 10. The Morgan fingerprint density at radius 2 is 0.919 bits per heavy atom. The summed E-state index contributed by atoms with van der Waals surface area (Å²) in [6.07, 6.45) is -24.2. The van der Waals surface area contributed by atoms with Crippen LogP contribution in [0.3, 0.4) is 0 Å². The van der Waals surface area contributed by atoms with Crippen molar-refractivity contribution < 1.29 is 79.5 Å². The maximum absolute atomic E-state index is 10.7. The van der Waals surface area contributed by atoms with Gasteiger partial charge < -0.3 is 85.2 Å². The van der Waals surface area contributed by atoms with Gasteiger partial charge in [0.15, 0.2) is 18.9 Å². The van der Waals surface area contributed by atoms with E-state index >= 15 is 0 Å². The number of aliphatic hydroxyl groups is 10. The van der Waals surface area contributed by atoms with E-state index in [1.807, 2.05) is 0 Å². The first-order chi connectivity index (χ1) is 17.6. The van der Waals surface area contributed by atoms with Gasteiger partial charge in [-0.05, 0) is 0 Å². The van der Waals surface area contributed by atoms with E-state index < -0.39 is 112 Å². The second-order valence-electron chi connectivity index (χ2n) is 8.97. The Morgan fingerprint density at radius 1 is 0.514 bits per heavy atom. The SMILES string of the molecule is NCCO[C@H]1O[C@H](CO)[C@@H](O[C@@H]2OC(CO)[C@H](O[C@@H]3OC(CO)[C@H](O)[C@H](O)C3O)[C@H](O)C2O)C(O)C1O. The number of hydrogen-bond acceptors (Lipinski definition) is 17. The third kappa shape index (κ3) is 6.56. The van der Waals surface area contributed by atoms with Crippen molar-refractivity contribution >= 4 is 0 Å². The topological polar surface area (TPSA) is 284 Å². The molecule has 6 unspecified atom stereocenters. The van der Waals surface area contributed by atoms with Gasteiger partial charge >= 0.3 is 0 Å². The predicted molar refractivity (Wildman–Crippen MR) is 114 cm³/mol. The molecule has 0 radical (unpaired) electrons. The highest BCUT2D eigenvalue weighted by atomic mass is 16.8. The van der Waals surface area contributed by atoms with Gasteiger partial charge in [0.1, 0.15) is 73.2 Å². The van der Waals surface area contributed by atoms with Crippen LogP contribution in [-0.2, 0) is 28.4 Å². The zero-order chi connectivity index (χ0) is 27.4. The van der Waals surface area contributed by atoms with Crippen LogP contribution in [0.1, 0.15) is 0 Å².